The molecular weight excluding hydrogens is 322 g/mol. The Balaban J connectivity index is 2.18. The highest BCUT2D eigenvalue weighted by Gasteiger charge is 2.27. The molecule has 0 radical (unpaired) electrons. The van der Waals surface area contributed by atoms with Crippen LogP contribution in [0.3, 0.4) is 0 Å². The minimum Gasteiger partial charge on any atom is -0.483 e. The van der Waals surface area contributed by atoms with Crippen LogP contribution in [-0.2, 0) is 5.33 Å². The topological polar surface area (TPSA) is 52.4 Å². The highest BCUT2D eigenvalue weighted by molar-refractivity contribution is 9.08. The maximum atomic E-state index is 11.2. The van der Waals surface area contributed by atoms with Crippen molar-refractivity contribution in [3.8, 4) is 5.75 Å². The minimum absolute atomic E-state index is 0.0628. The van der Waals surface area contributed by atoms with E-state index >= 15 is 0 Å². The molecule has 0 amide bonds. The second-order valence-corrected chi connectivity index (χ2v) is 6.41. The zero-order valence-electron chi connectivity index (χ0n) is 11.8. The molecule has 0 spiro atoms. The number of hydrogen-bond acceptors (Lipinski definition) is 3. The van der Waals surface area contributed by atoms with Gasteiger partial charge in [-0.3, -0.25) is 10.1 Å². The SMILES string of the molecule is CC1CC(C)CC(Oc2ccc(CBr)cc2[N+](=O)[O-])C1. The van der Waals surface area contributed by atoms with Crippen LogP contribution in [0.5, 0.6) is 5.75 Å². The zero-order valence-corrected chi connectivity index (χ0v) is 13.4. The van der Waals surface area contributed by atoms with Crippen molar-refractivity contribution in [3.05, 3.63) is 33.9 Å². The monoisotopic (exact) mass is 341 g/mol. The van der Waals surface area contributed by atoms with Gasteiger partial charge in [-0.25, -0.2) is 0 Å². The molecule has 1 saturated carbocycles. The van der Waals surface area contributed by atoms with Gasteiger partial charge in [0, 0.05) is 11.4 Å². The first-order valence-corrected chi connectivity index (χ1v) is 8.11. The summed E-state index contributed by atoms with van der Waals surface area (Å²) in [7, 11) is 0. The fraction of sp³-hybridized carbons (Fsp3) is 0.600. The average Bonchev–Trinajstić information content (AvgIpc) is 2.37. The standard InChI is InChI=1S/C15H20BrNO3/c1-10-5-11(2)7-13(6-10)20-15-4-3-12(9-16)8-14(15)17(18)19/h3-4,8,10-11,13H,5-7,9H2,1-2H3. The molecule has 4 nitrogen and oxygen atoms in total. The van der Waals surface area contributed by atoms with Crippen LogP contribution in [0.15, 0.2) is 18.2 Å². The van der Waals surface area contributed by atoms with E-state index in [9.17, 15) is 10.1 Å². The van der Waals surface area contributed by atoms with Gasteiger partial charge in [-0.2, -0.15) is 0 Å². The highest BCUT2D eigenvalue weighted by atomic mass is 79.9. The number of rotatable bonds is 4. The number of hydrogen-bond donors (Lipinski definition) is 0. The molecule has 1 fully saturated rings. The Morgan fingerprint density at radius 2 is 1.95 bits per heavy atom. The Bertz CT molecular complexity index is 482. The number of halogens is 1. The van der Waals surface area contributed by atoms with Crippen LogP contribution in [0.1, 0.15) is 38.7 Å². The van der Waals surface area contributed by atoms with Gasteiger partial charge in [0.15, 0.2) is 5.75 Å². The molecule has 2 unspecified atom stereocenters. The van der Waals surface area contributed by atoms with Gasteiger partial charge >= 0.3 is 5.69 Å². The summed E-state index contributed by atoms with van der Waals surface area (Å²) in [5.41, 5.74) is 0.947. The molecule has 1 aliphatic rings. The zero-order chi connectivity index (χ0) is 14.7. The molecule has 5 heteroatoms. The number of alkyl halides is 1. The summed E-state index contributed by atoms with van der Waals surface area (Å²) >= 11 is 3.32. The van der Waals surface area contributed by atoms with Crippen LogP contribution in [0.4, 0.5) is 5.69 Å². The summed E-state index contributed by atoms with van der Waals surface area (Å²) in [5.74, 6) is 1.63. The molecule has 110 valence electrons. The van der Waals surface area contributed by atoms with Crippen molar-refractivity contribution in [3.63, 3.8) is 0 Å². The van der Waals surface area contributed by atoms with Crippen molar-refractivity contribution >= 4 is 21.6 Å². The fourth-order valence-electron chi connectivity index (χ4n) is 3.04. The predicted molar refractivity (Wildman–Crippen MR) is 82.3 cm³/mol. The van der Waals surface area contributed by atoms with E-state index < -0.39 is 0 Å². The van der Waals surface area contributed by atoms with Gasteiger partial charge in [0.2, 0.25) is 0 Å². The number of nitro groups is 1. The molecule has 20 heavy (non-hydrogen) atoms. The molecule has 1 aromatic carbocycles. The van der Waals surface area contributed by atoms with Crippen molar-refractivity contribution in [2.24, 2.45) is 11.8 Å². The van der Waals surface area contributed by atoms with E-state index in [0.717, 1.165) is 18.4 Å². The Morgan fingerprint density at radius 1 is 1.30 bits per heavy atom. The molecule has 0 bridgehead atoms. The summed E-state index contributed by atoms with van der Waals surface area (Å²) in [6, 6.07) is 5.17. The number of benzene rings is 1. The largest absolute Gasteiger partial charge is 0.483 e. The molecule has 1 aromatic rings. The van der Waals surface area contributed by atoms with Gasteiger partial charge in [0.1, 0.15) is 0 Å². The Labute approximate surface area is 127 Å². The molecule has 0 heterocycles. The summed E-state index contributed by atoms with van der Waals surface area (Å²) in [6.07, 6.45) is 3.25. The first kappa shape index (κ1) is 15.3. The number of nitrogens with zero attached hydrogens (tertiary/aromatic N) is 1. The first-order chi connectivity index (χ1) is 9.49. The maximum absolute atomic E-state index is 11.2. The fourth-order valence-corrected chi connectivity index (χ4v) is 3.39. The van der Waals surface area contributed by atoms with Crippen LogP contribution in [0.25, 0.3) is 0 Å². The lowest BCUT2D eigenvalue weighted by molar-refractivity contribution is -0.386. The van der Waals surface area contributed by atoms with Crippen molar-refractivity contribution in [1.29, 1.82) is 0 Å². The number of nitro benzene ring substituents is 1. The van der Waals surface area contributed by atoms with Gasteiger partial charge < -0.3 is 4.74 Å². The summed E-state index contributed by atoms with van der Waals surface area (Å²) in [4.78, 5) is 10.8. The van der Waals surface area contributed by atoms with E-state index in [1.165, 1.54) is 6.42 Å². The Kier molecular flexibility index (Phi) is 5.02. The Morgan fingerprint density at radius 3 is 2.50 bits per heavy atom. The van der Waals surface area contributed by atoms with E-state index in [2.05, 4.69) is 29.8 Å². The third-order valence-electron chi connectivity index (χ3n) is 3.80. The summed E-state index contributed by atoms with van der Waals surface area (Å²) in [5, 5.41) is 11.8. The van der Waals surface area contributed by atoms with Gasteiger partial charge in [-0.05, 0) is 42.7 Å². The molecule has 0 N–H and O–H groups in total. The van der Waals surface area contributed by atoms with Crippen LogP contribution in [0.2, 0.25) is 0 Å². The number of ether oxygens (including phenoxy) is 1. The molecule has 0 aliphatic heterocycles. The van der Waals surface area contributed by atoms with Crippen molar-refractivity contribution in [2.45, 2.75) is 44.5 Å². The van der Waals surface area contributed by atoms with Crippen LogP contribution in [0, 0.1) is 22.0 Å². The smallest absolute Gasteiger partial charge is 0.311 e. The van der Waals surface area contributed by atoms with E-state index in [4.69, 9.17) is 4.74 Å². The van der Waals surface area contributed by atoms with Crippen molar-refractivity contribution in [2.75, 3.05) is 0 Å². The minimum atomic E-state index is -0.364. The maximum Gasteiger partial charge on any atom is 0.311 e. The molecule has 1 aliphatic carbocycles. The first-order valence-electron chi connectivity index (χ1n) is 6.99. The normalized spacial score (nSPS) is 26.2. The van der Waals surface area contributed by atoms with Gasteiger partial charge in [0.25, 0.3) is 0 Å². The Hall–Kier alpha value is -1.10. The lowest BCUT2D eigenvalue weighted by atomic mass is 9.82. The van der Waals surface area contributed by atoms with E-state index in [-0.39, 0.29) is 16.7 Å². The lowest BCUT2D eigenvalue weighted by Gasteiger charge is -2.31. The molecule has 0 aromatic heterocycles. The third kappa shape index (κ3) is 3.72. The van der Waals surface area contributed by atoms with Crippen molar-refractivity contribution in [1.82, 2.24) is 0 Å². The van der Waals surface area contributed by atoms with Gasteiger partial charge in [-0.15, -0.1) is 0 Å². The van der Waals surface area contributed by atoms with E-state index in [1.54, 1.807) is 12.1 Å². The summed E-state index contributed by atoms with van der Waals surface area (Å²) < 4.78 is 5.93. The third-order valence-corrected chi connectivity index (χ3v) is 4.45. The van der Waals surface area contributed by atoms with Crippen molar-refractivity contribution < 1.29 is 9.66 Å². The predicted octanol–water partition coefficient (Wildman–Crippen LogP) is 4.69. The lowest BCUT2D eigenvalue weighted by Crippen LogP contribution is -2.28. The van der Waals surface area contributed by atoms with E-state index in [0.29, 0.717) is 22.9 Å². The van der Waals surface area contributed by atoms with Gasteiger partial charge in [0.05, 0.1) is 11.0 Å². The van der Waals surface area contributed by atoms with Gasteiger partial charge in [-0.1, -0.05) is 35.8 Å². The second-order valence-electron chi connectivity index (χ2n) is 5.85. The quantitative estimate of drug-likeness (QED) is 0.453. The van der Waals surface area contributed by atoms with Crippen LogP contribution >= 0.6 is 15.9 Å². The highest BCUT2D eigenvalue weighted by Crippen LogP contribution is 2.35. The second kappa shape index (κ2) is 6.57. The molecule has 2 rings (SSSR count). The summed E-state index contributed by atoms with van der Waals surface area (Å²) in [6.45, 7) is 4.43. The van der Waals surface area contributed by atoms with Crippen LogP contribution < -0.4 is 4.74 Å². The molecular formula is C15H20BrNO3. The van der Waals surface area contributed by atoms with E-state index in [1.807, 2.05) is 6.07 Å². The van der Waals surface area contributed by atoms with Crippen LogP contribution in [-0.4, -0.2) is 11.0 Å². The average molecular weight is 342 g/mol. The molecule has 0 saturated heterocycles. The molecule has 2 atom stereocenters.